The van der Waals surface area contributed by atoms with Crippen LogP contribution in [-0.4, -0.2) is 17.3 Å². The molecule has 1 N–H and O–H groups in total. The highest BCUT2D eigenvalue weighted by molar-refractivity contribution is 5.70. The third kappa shape index (κ3) is 2.63. The molecule has 1 aromatic carbocycles. The minimum atomic E-state index is 0.426. The van der Waals surface area contributed by atoms with Crippen molar-refractivity contribution in [2.45, 2.75) is 13.8 Å². The number of benzene rings is 1. The molecular weight excluding hydrogens is 240 g/mol. The SMILES string of the molecule is COc1c(C)cc(C)cc1-c1ccc(NC#N)nn1. The third-order valence-corrected chi connectivity index (χ3v) is 2.75. The number of nitrogens with one attached hydrogen (secondary N) is 1. The zero-order valence-electron chi connectivity index (χ0n) is 11.1. The van der Waals surface area contributed by atoms with E-state index >= 15 is 0 Å². The fraction of sp³-hybridized carbons (Fsp3) is 0.214. The van der Waals surface area contributed by atoms with E-state index in [-0.39, 0.29) is 0 Å². The van der Waals surface area contributed by atoms with Gasteiger partial charge in [-0.25, -0.2) is 0 Å². The highest BCUT2D eigenvalue weighted by Gasteiger charge is 2.11. The van der Waals surface area contributed by atoms with Gasteiger partial charge in [0, 0.05) is 5.56 Å². The van der Waals surface area contributed by atoms with Gasteiger partial charge in [-0.15, -0.1) is 10.2 Å². The lowest BCUT2D eigenvalue weighted by Crippen LogP contribution is -1.98. The largest absolute Gasteiger partial charge is 0.496 e. The summed E-state index contributed by atoms with van der Waals surface area (Å²) in [5.74, 6) is 1.22. The molecule has 2 rings (SSSR count). The Labute approximate surface area is 111 Å². The summed E-state index contributed by atoms with van der Waals surface area (Å²) in [7, 11) is 1.64. The van der Waals surface area contributed by atoms with Crippen LogP contribution in [0.2, 0.25) is 0 Å². The van der Waals surface area contributed by atoms with Gasteiger partial charge in [0.1, 0.15) is 5.75 Å². The maximum absolute atomic E-state index is 8.51. The molecule has 96 valence electrons. The molecule has 0 bridgehead atoms. The van der Waals surface area contributed by atoms with Crippen LogP contribution in [-0.2, 0) is 0 Å². The van der Waals surface area contributed by atoms with Gasteiger partial charge >= 0.3 is 0 Å². The Balaban J connectivity index is 2.49. The van der Waals surface area contributed by atoms with Crippen LogP contribution in [0.15, 0.2) is 24.3 Å². The number of methoxy groups -OCH3 is 1. The van der Waals surface area contributed by atoms with Crippen molar-refractivity contribution >= 4 is 5.82 Å². The van der Waals surface area contributed by atoms with Gasteiger partial charge in [-0.3, -0.25) is 5.32 Å². The summed E-state index contributed by atoms with van der Waals surface area (Å²) in [5.41, 5.74) is 3.80. The number of ether oxygens (including phenoxy) is 1. The number of aryl methyl sites for hydroxylation is 2. The molecular formula is C14H14N4O. The molecule has 1 heterocycles. The van der Waals surface area contributed by atoms with Gasteiger partial charge in [-0.05, 0) is 43.2 Å². The normalized spacial score (nSPS) is 9.79. The van der Waals surface area contributed by atoms with Crippen LogP contribution < -0.4 is 10.1 Å². The molecule has 0 spiro atoms. The standard InChI is InChI=1S/C14H14N4O/c1-9-6-10(2)14(19-3)11(7-9)12-4-5-13(16-8-15)18-17-12/h4-7H,1-3H3,(H,16,18). The fourth-order valence-corrected chi connectivity index (χ4v) is 2.02. The Morgan fingerprint density at radius 1 is 1.21 bits per heavy atom. The van der Waals surface area contributed by atoms with Crippen molar-refractivity contribution in [2.24, 2.45) is 0 Å². The molecule has 0 aliphatic rings. The Morgan fingerprint density at radius 2 is 2.00 bits per heavy atom. The molecule has 0 saturated carbocycles. The minimum absolute atomic E-state index is 0.426. The van der Waals surface area contributed by atoms with Crippen molar-refractivity contribution in [2.75, 3.05) is 12.4 Å². The van der Waals surface area contributed by atoms with Crippen molar-refractivity contribution in [1.29, 1.82) is 5.26 Å². The van der Waals surface area contributed by atoms with E-state index in [1.54, 1.807) is 19.4 Å². The van der Waals surface area contributed by atoms with Crippen LogP contribution in [0.1, 0.15) is 11.1 Å². The van der Waals surface area contributed by atoms with Crippen LogP contribution in [0.3, 0.4) is 0 Å². The van der Waals surface area contributed by atoms with Crippen LogP contribution in [0, 0.1) is 25.3 Å². The van der Waals surface area contributed by atoms with Gasteiger partial charge in [0.15, 0.2) is 12.0 Å². The topological polar surface area (TPSA) is 70.8 Å². The number of nitrogens with zero attached hydrogens (tertiary/aromatic N) is 3. The van der Waals surface area contributed by atoms with Gasteiger partial charge in [0.05, 0.1) is 12.8 Å². The summed E-state index contributed by atoms with van der Waals surface area (Å²) >= 11 is 0. The highest BCUT2D eigenvalue weighted by atomic mass is 16.5. The molecule has 0 radical (unpaired) electrons. The smallest absolute Gasteiger partial charge is 0.182 e. The van der Waals surface area contributed by atoms with E-state index in [0.717, 1.165) is 22.4 Å². The first-order valence-electron chi connectivity index (χ1n) is 5.80. The lowest BCUT2D eigenvalue weighted by Gasteiger charge is -2.12. The predicted octanol–water partition coefficient (Wildman–Crippen LogP) is 2.66. The van der Waals surface area contributed by atoms with Crippen molar-refractivity contribution in [3.63, 3.8) is 0 Å². The van der Waals surface area contributed by atoms with E-state index < -0.39 is 0 Å². The minimum Gasteiger partial charge on any atom is -0.496 e. The second-order valence-electron chi connectivity index (χ2n) is 4.20. The second-order valence-corrected chi connectivity index (χ2v) is 4.20. The van der Waals surface area contributed by atoms with Gasteiger partial charge < -0.3 is 4.74 Å². The summed E-state index contributed by atoms with van der Waals surface area (Å²) in [6, 6.07) is 7.58. The number of hydrogen-bond acceptors (Lipinski definition) is 5. The quantitative estimate of drug-likeness (QED) is 0.673. The van der Waals surface area contributed by atoms with Crippen molar-refractivity contribution in [1.82, 2.24) is 10.2 Å². The van der Waals surface area contributed by atoms with E-state index in [1.807, 2.05) is 26.0 Å². The molecule has 0 atom stereocenters. The van der Waals surface area contributed by atoms with Gasteiger partial charge in [-0.2, -0.15) is 5.26 Å². The van der Waals surface area contributed by atoms with Gasteiger partial charge in [-0.1, -0.05) is 6.07 Å². The zero-order chi connectivity index (χ0) is 13.8. The average molecular weight is 254 g/mol. The summed E-state index contributed by atoms with van der Waals surface area (Å²) in [6.45, 7) is 4.02. The summed E-state index contributed by atoms with van der Waals surface area (Å²) in [4.78, 5) is 0. The third-order valence-electron chi connectivity index (χ3n) is 2.75. The lowest BCUT2D eigenvalue weighted by molar-refractivity contribution is 0.413. The molecule has 0 saturated heterocycles. The molecule has 0 aliphatic carbocycles. The van der Waals surface area contributed by atoms with Crippen LogP contribution in [0.25, 0.3) is 11.3 Å². The van der Waals surface area contributed by atoms with Crippen LogP contribution >= 0.6 is 0 Å². The number of aromatic nitrogens is 2. The lowest BCUT2D eigenvalue weighted by atomic mass is 10.0. The van der Waals surface area contributed by atoms with E-state index in [0.29, 0.717) is 11.5 Å². The molecule has 0 unspecified atom stereocenters. The predicted molar refractivity (Wildman–Crippen MR) is 72.7 cm³/mol. The molecule has 0 fully saturated rings. The zero-order valence-corrected chi connectivity index (χ0v) is 11.1. The molecule has 1 aromatic heterocycles. The molecule has 0 amide bonds. The second kappa shape index (κ2) is 5.36. The van der Waals surface area contributed by atoms with Crippen molar-refractivity contribution in [3.05, 3.63) is 35.4 Å². The Kier molecular flexibility index (Phi) is 3.62. The summed E-state index contributed by atoms with van der Waals surface area (Å²) in [6.07, 6.45) is 1.81. The van der Waals surface area contributed by atoms with E-state index in [9.17, 15) is 0 Å². The number of nitriles is 1. The maximum atomic E-state index is 8.51. The van der Waals surface area contributed by atoms with E-state index in [4.69, 9.17) is 10.00 Å². The van der Waals surface area contributed by atoms with Crippen LogP contribution in [0.4, 0.5) is 5.82 Å². The molecule has 2 aromatic rings. The Bertz CT molecular complexity index is 629. The van der Waals surface area contributed by atoms with Gasteiger partial charge in [0.2, 0.25) is 0 Å². The van der Waals surface area contributed by atoms with Crippen molar-refractivity contribution in [3.8, 4) is 23.2 Å². The van der Waals surface area contributed by atoms with Crippen molar-refractivity contribution < 1.29 is 4.74 Å². The van der Waals surface area contributed by atoms with E-state index in [1.165, 1.54) is 0 Å². The Morgan fingerprint density at radius 3 is 2.58 bits per heavy atom. The molecule has 0 aliphatic heterocycles. The first kappa shape index (κ1) is 12.8. The van der Waals surface area contributed by atoms with Gasteiger partial charge in [0.25, 0.3) is 0 Å². The number of rotatable bonds is 3. The maximum Gasteiger partial charge on any atom is 0.182 e. The Hall–Kier alpha value is -2.61. The first-order valence-corrected chi connectivity index (χ1v) is 5.80. The fourth-order valence-electron chi connectivity index (χ4n) is 2.02. The monoisotopic (exact) mass is 254 g/mol. The summed E-state index contributed by atoms with van der Waals surface area (Å²) < 4.78 is 5.43. The average Bonchev–Trinajstić information content (AvgIpc) is 2.39. The summed E-state index contributed by atoms with van der Waals surface area (Å²) in [5, 5.41) is 19.0. The number of anilines is 1. The molecule has 19 heavy (non-hydrogen) atoms. The molecule has 5 nitrogen and oxygen atoms in total. The van der Waals surface area contributed by atoms with Crippen LogP contribution in [0.5, 0.6) is 5.75 Å². The first-order chi connectivity index (χ1) is 9.15. The molecule has 5 heteroatoms. The number of hydrogen-bond donors (Lipinski definition) is 1. The highest BCUT2D eigenvalue weighted by Crippen LogP contribution is 2.32. The van der Waals surface area contributed by atoms with E-state index in [2.05, 4.69) is 21.6 Å².